The summed E-state index contributed by atoms with van der Waals surface area (Å²) in [5.74, 6) is 1.07. The van der Waals surface area contributed by atoms with E-state index >= 15 is 0 Å². The van der Waals surface area contributed by atoms with E-state index in [0.717, 1.165) is 16.3 Å². The molecule has 0 radical (unpaired) electrons. The molecule has 2 unspecified atom stereocenters. The van der Waals surface area contributed by atoms with Crippen molar-refractivity contribution in [2.24, 2.45) is 0 Å². The molecular formula is C34H31ClN4O8. The van der Waals surface area contributed by atoms with E-state index in [9.17, 15) is 19.7 Å². The van der Waals surface area contributed by atoms with Crippen LogP contribution >= 0.6 is 11.6 Å². The third kappa shape index (κ3) is 5.61. The van der Waals surface area contributed by atoms with E-state index in [1.165, 1.54) is 33.5 Å². The summed E-state index contributed by atoms with van der Waals surface area (Å²) in [6.45, 7) is 2.00. The molecule has 2 heterocycles. The highest BCUT2D eigenvalue weighted by atomic mass is 35.5. The summed E-state index contributed by atoms with van der Waals surface area (Å²) in [5, 5.41) is 16.2. The van der Waals surface area contributed by atoms with Crippen molar-refractivity contribution in [3.8, 4) is 17.2 Å². The number of halogens is 1. The number of hydrogen-bond acceptors (Lipinski definition) is 8. The number of aromatic amines is 1. The zero-order valence-electron chi connectivity index (χ0n) is 26.0. The predicted molar refractivity (Wildman–Crippen MR) is 179 cm³/mol. The molecule has 13 heteroatoms. The average molecular weight is 659 g/mol. The first-order valence-corrected chi connectivity index (χ1v) is 15.2. The van der Waals surface area contributed by atoms with Gasteiger partial charge in [0.1, 0.15) is 11.8 Å². The van der Waals surface area contributed by atoms with Crippen LogP contribution in [0.2, 0.25) is 0 Å². The van der Waals surface area contributed by atoms with Gasteiger partial charge in [0.2, 0.25) is 5.75 Å². The molecule has 5 aromatic rings. The number of aromatic nitrogens is 1. The van der Waals surface area contributed by atoms with Gasteiger partial charge in [-0.15, -0.1) is 11.6 Å². The van der Waals surface area contributed by atoms with Crippen LogP contribution in [0.1, 0.15) is 40.6 Å². The second kappa shape index (κ2) is 12.7. The number of amides is 2. The van der Waals surface area contributed by atoms with Crippen molar-refractivity contribution < 1.29 is 33.5 Å². The van der Waals surface area contributed by atoms with Gasteiger partial charge in [-0.05, 0) is 53.8 Å². The zero-order chi connectivity index (χ0) is 33.4. The van der Waals surface area contributed by atoms with Crippen molar-refractivity contribution in [2.45, 2.75) is 18.9 Å². The SMILES string of the molecule is COc1cc2cc(C(=O)N3CC(CCl)c4c3cc(NC(=O)OC(C)c3ccc([N+](=O)[O-])cc3)c3ccccc43)[nH]c2c(OC)c1OC. The Morgan fingerprint density at radius 3 is 2.36 bits per heavy atom. The Bertz CT molecular complexity index is 2030. The van der Waals surface area contributed by atoms with E-state index in [1.54, 1.807) is 42.2 Å². The molecule has 2 atom stereocenters. The minimum atomic E-state index is -0.726. The molecule has 1 aromatic heterocycles. The Morgan fingerprint density at radius 2 is 1.72 bits per heavy atom. The molecule has 1 aliphatic rings. The number of H-pyrrole nitrogens is 1. The Hall–Kier alpha value is -5.49. The number of carbonyl (C=O) groups excluding carboxylic acids is 2. The smallest absolute Gasteiger partial charge is 0.412 e. The highest BCUT2D eigenvalue weighted by Gasteiger charge is 2.36. The van der Waals surface area contributed by atoms with E-state index in [4.69, 9.17) is 30.5 Å². The van der Waals surface area contributed by atoms with Crippen molar-refractivity contribution in [3.63, 3.8) is 0 Å². The maximum Gasteiger partial charge on any atom is 0.412 e. The van der Waals surface area contributed by atoms with Crippen LogP contribution in [0.15, 0.2) is 66.7 Å². The van der Waals surface area contributed by atoms with Crippen molar-refractivity contribution in [2.75, 3.05) is 44.0 Å². The van der Waals surface area contributed by atoms with Gasteiger partial charge >= 0.3 is 6.09 Å². The van der Waals surface area contributed by atoms with Gasteiger partial charge in [-0.1, -0.05) is 24.3 Å². The molecule has 0 spiro atoms. The number of fused-ring (bicyclic) bond motifs is 4. The molecule has 4 aromatic carbocycles. The number of hydrogen-bond donors (Lipinski definition) is 2. The van der Waals surface area contributed by atoms with Gasteiger partial charge in [0.15, 0.2) is 11.5 Å². The predicted octanol–water partition coefficient (Wildman–Crippen LogP) is 7.55. The zero-order valence-corrected chi connectivity index (χ0v) is 26.7. The van der Waals surface area contributed by atoms with E-state index in [-0.39, 0.29) is 23.4 Å². The summed E-state index contributed by atoms with van der Waals surface area (Å²) in [6.07, 6.45) is -1.41. The van der Waals surface area contributed by atoms with Crippen LogP contribution in [-0.2, 0) is 4.74 Å². The lowest BCUT2D eigenvalue weighted by Gasteiger charge is -2.20. The fraction of sp³-hybridized carbons (Fsp3) is 0.235. The van der Waals surface area contributed by atoms with E-state index in [0.29, 0.717) is 57.3 Å². The first kappa shape index (κ1) is 31.5. The molecule has 0 bridgehead atoms. The standard InChI is InChI=1S/C34H31ClN4O8/c1-18(19-9-11-22(12-10-19)39(42)43)47-34(41)37-25-15-27-29(24-8-6-5-7-23(24)25)21(16-35)17-38(27)33(40)26-13-20-14-28(44-2)31(45-3)32(46-4)30(20)36-26/h5-15,18,21,36H,16-17H2,1-4H3,(H,37,41). The fourth-order valence-corrected chi connectivity index (χ4v) is 6.36. The van der Waals surface area contributed by atoms with Gasteiger partial charge in [0.05, 0.1) is 43.1 Å². The molecule has 12 nitrogen and oxygen atoms in total. The topological polar surface area (TPSA) is 145 Å². The van der Waals surface area contributed by atoms with Gasteiger partial charge in [0, 0.05) is 41.2 Å². The Kier molecular flexibility index (Phi) is 8.52. The number of nitro benzene ring substituents is 1. The summed E-state index contributed by atoms with van der Waals surface area (Å²) >= 11 is 6.47. The summed E-state index contributed by atoms with van der Waals surface area (Å²) in [7, 11) is 4.55. The van der Waals surface area contributed by atoms with E-state index in [2.05, 4.69) is 10.3 Å². The number of non-ortho nitro benzene ring substituents is 1. The molecule has 47 heavy (non-hydrogen) atoms. The molecule has 6 rings (SSSR count). The lowest BCUT2D eigenvalue weighted by Crippen LogP contribution is -2.30. The van der Waals surface area contributed by atoms with Gasteiger partial charge in [-0.3, -0.25) is 20.2 Å². The van der Waals surface area contributed by atoms with Crippen molar-refractivity contribution in [1.29, 1.82) is 0 Å². The number of benzene rings is 4. The molecule has 2 N–H and O–H groups in total. The second-order valence-corrected chi connectivity index (χ2v) is 11.3. The molecular weight excluding hydrogens is 628 g/mol. The van der Waals surface area contributed by atoms with E-state index < -0.39 is 17.1 Å². The van der Waals surface area contributed by atoms with E-state index in [1.807, 2.05) is 24.3 Å². The Labute approximate surface area is 274 Å². The van der Waals surface area contributed by atoms with Crippen LogP contribution < -0.4 is 24.4 Å². The quantitative estimate of drug-likeness (QED) is 0.0938. The summed E-state index contributed by atoms with van der Waals surface area (Å²) < 4.78 is 22.2. The minimum Gasteiger partial charge on any atom is -0.493 e. The van der Waals surface area contributed by atoms with Crippen LogP contribution in [0.3, 0.4) is 0 Å². The summed E-state index contributed by atoms with van der Waals surface area (Å²) in [4.78, 5) is 42.7. The van der Waals surface area contributed by atoms with Gasteiger partial charge < -0.3 is 28.8 Å². The number of nitrogens with zero attached hydrogens (tertiary/aromatic N) is 2. The first-order chi connectivity index (χ1) is 22.7. The molecule has 0 fully saturated rings. The van der Waals surface area contributed by atoms with Gasteiger partial charge in [0.25, 0.3) is 11.6 Å². The number of alkyl halides is 1. The third-order valence-corrected chi connectivity index (χ3v) is 8.71. The molecule has 242 valence electrons. The Morgan fingerprint density at radius 1 is 1.02 bits per heavy atom. The highest BCUT2D eigenvalue weighted by molar-refractivity contribution is 6.20. The normalized spacial score (nSPS) is 14.5. The first-order valence-electron chi connectivity index (χ1n) is 14.7. The Balaban J connectivity index is 1.35. The molecule has 1 aliphatic heterocycles. The number of nitro groups is 1. The lowest BCUT2D eigenvalue weighted by atomic mass is 9.95. The van der Waals surface area contributed by atoms with Gasteiger partial charge in [-0.2, -0.15) is 0 Å². The molecule has 0 saturated carbocycles. The third-order valence-electron chi connectivity index (χ3n) is 8.34. The number of nitrogens with one attached hydrogen (secondary N) is 2. The minimum absolute atomic E-state index is 0.0598. The molecule has 0 aliphatic carbocycles. The van der Waals surface area contributed by atoms with Crippen molar-refractivity contribution >= 4 is 62.3 Å². The summed E-state index contributed by atoms with van der Waals surface area (Å²) in [6, 6.07) is 18.6. The molecule has 2 amide bonds. The average Bonchev–Trinajstić information content (AvgIpc) is 3.68. The lowest BCUT2D eigenvalue weighted by molar-refractivity contribution is -0.384. The van der Waals surface area contributed by atoms with Crippen LogP contribution in [0.4, 0.5) is 21.9 Å². The van der Waals surface area contributed by atoms with Crippen LogP contribution in [0, 0.1) is 10.1 Å². The van der Waals surface area contributed by atoms with Crippen LogP contribution in [-0.4, -0.2) is 55.7 Å². The van der Waals surface area contributed by atoms with Crippen molar-refractivity contribution in [1.82, 2.24) is 4.98 Å². The highest BCUT2D eigenvalue weighted by Crippen LogP contribution is 2.47. The number of anilines is 2. The van der Waals surface area contributed by atoms with Gasteiger partial charge in [-0.25, -0.2) is 4.79 Å². The number of rotatable bonds is 9. The van der Waals surface area contributed by atoms with Crippen LogP contribution in [0.25, 0.3) is 21.7 Å². The maximum absolute atomic E-state index is 14.2. The number of carbonyl (C=O) groups is 2. The second-order valence-electron chi connectivity index (χ2n) is 11.0. The summed E-state index contributed by atoms with van der Waals surface area (Å²) in [5.41, 5.74) is 3.38. The largest absolute Gasteiger partial charge is 0.493 e. The molecule has 0 saturated heterocycles. The van der Waals surface area contributed by atoms with Crippen LogP contribution in [0.5, 0.6) is 17.2 Å². The number of ether oxygens (including phenoxy) is 4. The van der Waals surface area contributed by atoms with Crippen molar-refractivity contribution in [3.05, 3.63) is 93.7 Å². The number of methoxy groups -OCH3 is 3. The maximum atomic E-state index is 14.2. The monoisotopic (exact) mass is 658 g/mol. The fourth-order valence-electron chi connectivity index (χ4n) is 6.11.